The maximum absolute atomic E-state index is 12.4. The van der Waals surface area contributed by atoms with Gasteiger partial charge in [-0.15, -0.1) is 0 Å². The molecule has 0 bridgehead atoms. The van der Waals surface area contributed by atoms with Gasteiger partial charge < -0.3 is 28.4 Å². The van der Waals surface area contributed by atoms with Gasteiger partial charge in [-0.05, 0) is 6.42 Å². The van der Waals surface area contributed by atoms with Crippen LogP contribution in [0.5, 0.6) is 11.5 Å². The van der Waals surface area contributed by atoms with E-state index in [2.05, 4.69) is 12.2 Å². The number of nitrogens with zero attached hydrogens (tertiary/aromatic N) is 1. The number of hydrogen-bond donors (Lipinski definition) is 1. The summed E-state index contributed by atoms with van der Waals surface area (Å²) < 4.78 is 33.1. The molecule has 0 saturated carbocycles. The number of anilines is 1. The van der Waals surface area contributed by atoms with Gasteiger partial charge in [0.2, 0.25) is 0 Å². The summed E-state index contributed by atoms with van der Waals surface area (Å²) in [7, 11) is 0. The third kappa shape index (κ3) is 16.7. The molecule has 1 aromatic carbocycles. The maximum Gasteiger partial charge on any atom is 0.411 e. The van der Waals surface area contributed by atoms with Gasteiger partial charge in [0.1, 0.15) is 18.9 Å². The summed E-state index contributed by atoms with van der Waals surface area (Å²) >= 11 is 0. The van der Waals surface area contributed by atoms with Crippen LogP contribution in [-0.2, 0) is 18.9 Å². The van der Waals surface area contributed by atoms with Crippen molar-refractivity contribution in [2.24, 2.45) is 0 Å². The Labute approximate surface area is 251 Å². The molecule has 0 aromatic heterocycles. The van der Waals surface area contributed by atoms with Gasteiger partial charge in [0.15, 0.2) is 11.5 Å². The Balaban J connectivity index is 1.71. The SMILES string of the molecule is CCCCCCCCCCCCCCCCOC(=O)Nc1cc2c(cc1[N+](=O)[O-])OCCOCCOCCOCCO2. The lowest BCUT2D eigenvalue weighted by molar-refractivity contribution is -0.384. The molecular formula is C31H52N2O9. The summed E-state index contributed by atoms with van der Waals surface area (Å²) in [5, 5.41) is 14.2. The molecule has 11 nitrogen and oxygen atoms in total. The lowest BCUT2D eigenvalue weighted by Gasteiger charge is -2.15. The van der Waals surface area contributed by atoms with Crippen LogP contribution in [0.2, 0.25) is 0 Å². The van der Waals surface area contributed by atoms with Crippen molar-refractivity contribution in [2.75, 3.05) is 64.8 Å². The number of nitrogens with one attached hydrogen (secondary N) is 1. The molecule has 0 spiro atoms. The number of hydrogen-bond acceptors (Lipinski definition) is 9. The van der Waals surface area contributed by atoms with Gasteiger partial charge in [-0.1, -0.05) is 90.4 Å². The molecule has 1 amide bonds. The summed E-state index contributed by atoms with van der Waals surface area (Å²) in [5.41, 5.74) is -0.355. The Bertz CT molecular complexity index is 869. The molecule has 11 heteroatoms. The predicted octanol–water partition coefficient (Wildman–Crippen LogP) is 7.45. The van der Waals surface area contributed by atoms with Crippen LogP contribution in [-0.4, -0.2) is 70.5 Å². The molecule has 1 aliphatic rings. The maximum atomic E-state index is 12.4. The molecule has 0 aliphatic carbocycles. The highest BCUT2D eigenvalue weighted by Gasteiger charge is 2.22. The Morgan fingerprint density at radius 2 is 1.14 bits per heavy atom. The van der Waals surface area contributed by atoms with Crippen molar-refractivity contribution in [3.8, 4) is 11.5 Å². The smallest absolute Gasteiger partial charge is 0.411 e. The van der Waals surface area contributed by atoms with Crippen LogP contribution in [0.15, 0.2) is 12.1 Å². The number of fused-ring (bicyclic) bond motifs is 1. The van der Waals surface area contributed by atoms with Crippen molar-refractivity contribution in [3.05, 3.63) is 22.2 Å². The minimum atomic E-state index is -0.748. The third-order valence-corrected chi connectivity index (χ3v) is 6.94. The lowest BCUT2D eigenvalue weighted by atomic mass is 10.0. The zero-order valence-electron chi connectivity index (χ0n) is 25.5. The Morgan fingerprint density at radius 3 is 1.62 bits per heavy atom. The summed E-state index contributed by atoms with van der Waals surface area (Å²) in [4.78, 5) is 23.6. The van der Waals surface area contributed by atoms with Crippen molar-refractivity contribution in [1.29, 1.82) is 0 Å². The van der Waals surface area contributed by atoms with Gasteiger partial charge in [-0.25, -0.2) is 4.79 Å². The molecule has 0 unspecified atom stereocenters. The molecule has 1 N–H and O–H groups in total. The fourth-order valence-corrected chi connectivity index (χ4v) is 4.60. The molecule has 0 fully saturated rings. The largest absolute Gasteiger partial charge is 0.487 e. The van der Waals surface area contributed by atoms with Gasteiger partial charge >= 0.3 is 6.09 Å². The number of unbranched alkanes of at least 4 members (excludes halogenated alkanes) is 13. The number of rotatable bonds is 17. The van der Waals surface area contributed by atoms with Crippen molar-refractivity contribution in [2.45, 2.75) is 96.8 Å². The van der Waals surface area contributed by atoms with Crippen LogP contribution in [0.3, 0.4) is 0 Å². The predicted molar refractivity (Wildman–Crippen MR) is 162 cm³/mol. The molecule has 42 heavy (non-hydrogen) atoms. The molecule has 0 atom stereocenters. The quantitative estimate of drug-likeness (QED) is 0.111. The number of nitro benzene ring substituents is 1. The number of nitro groups is 1. The van der Waals surface area contributed by atoms with Crippen LogP contribution in [0.4, 0.5) is 16.2 Å². The van der Waals surface area contributed by atoms with Gasteiger partial charge in [0.25, 0.3) is 5.69 Å². The summed E-state index contributed by atoms with van der Waals surface area (Å²) in [6.07, 6.45) is 16.6. The van der Waals surface area contributed by atoms with Gasteiger partial charge in [-0.3, -0.25) is 15.4 Å². The normalized spacial score (nSPS) is 14.9. The van der Waals surface area contributed by atoms with Gasteiger partial charge in [0, 0.05) is 6.07 Å². The third-order valence-electron chi connectivity index (χ3n) is 6.94. The summed E-state index contributed by atoms with van der Waals surface area (Å²) in [6.45, 7) is 5.11. The Hall–Kier alpha value is -2.63. The highest BCUT2D eigenvalue weighted by atomic mass is 16.6. The topological polar surface area (TPSA) is 128 Å². The zero-order chi connectivity index (χ0) is 30.1. The van der Waals surface area contributed by atoms with E-state index in [0.29, 0.717) is 33.0 Å². The van der Waals surface area contributed by atoms with E-state index >= 15 is 0 Å². The molecular weight excluding hydrogens is 544 g/mol. The second-order valence-electron chi connectivity index (χ2n) is 10.5. The molecule has 0 radical (unpaired) electrons. The molecule has 1 aromatic rings. The Morgan fingerprint density at radius 1 is 0.714 bits per heavy atom. The molecule has 0 saturated heterocycles. The van der Waals surface area contributed by atoms with Gasteiger partial charge in [-0.2, -0.15) is 0 Å². The number of benzene rings is 1. The molecule has 2 rings (SSSR count). The second-order valence-corrected chi connectivity index (χ2v) is 10.5. The van der Waals surface area contributed by atoms with E-state index in [1.807, 2.05) is 0 Å². The number of amides is 1. The van der Waals surface area contributed by atoms with Crippen molar-refractivity contribution >= 4 is 17.5 Å². The highest BCUT2D eigenvalue weighted by Crippen LogP contribution is 2.38. The first-order chi connectivity index (χ1) is 20.6. The fraction of sp³-hybridized carbons (Fsp3) is 0.774. The number of ether oxygens (including phenoxy) is 6. The van der Waals surface area contributed by atoms with Crippen LogP contribution >= 0.6 is 0 Å². The Kier molecular flexibility index (Phi) is 20.2. The van der Waals surface area contributed by atoms with Crippen LogP contribution in [0.25, 0.3) is 0 Å². The van der Waals surface area contributed by atoms with Gasteiger partial charge in [0.05, 0.1) is 57.2 Å². The lowest BCUT2D eigenvalue weighted by Crippen LogP contribution is -2.16. The average Bonchev–Trinajstić information content (AvgIpc) is 2.98. The minimum absolute atomic E-state index is 0.0307. The molecule has 1 heterocycles. The van der Waals surface area contributed by atoms with E-state index in [1.54, 1.807) is 0 Å². The summed E-state index contributed by atoms with van der Waals surface area (Å²) in [5.74, 6) is 0.426. The molecule has 240 valence electrons. The zero-order valence-corrected chi connectivity index (χ0v) is 25.5. The first-order valence-corrected chi connectivity index (χ1v) is 15.9. The minimum Gasteiger partial charge on any atom is -0.487 e. The van der Waals surface area contributed by atoms with E-state index in [0.717, 1.165) is 19.3 Å². The van der Waals surface area contributed by atoms with E-state index in [1.165, 1.54) is 82.8 Å². The fourth-order valence-electron chi connectivity index (χ4n) is 4.60. The van der Waals surface area contributed by atoms with E-state index in [-0.39, 0.29) is 49.3 Å². The molecule has 1 aliphatic heterocycles. The first kappa shape index (κ1) is 35.6. The van der Waals surface area contributed by atoms with E-state index in [9.17, 15) is 14.9 Å². The van der Waals surface area contributed by atoms with Crippen molar-refractivity contribution in [1.82, 2.24) is 0 Å². The standard InChI is InChI=1S/C31H52N2O9/c1-2-3-4-5-6-7-8-9-10-11-12-13-14-15-16-42-31(34)32-27-25-29-30(26-28(27)33(35)36)41-24-22-39-20-18-37-17-19-38-21-23-40-29/h25-26H,2-24H2,1H3,(H,32,34). The van der Waals surface area contributed by atoms with E-state index in [4.69, 9.17) is 28.4 Å². The van der Waals surface area contributed by atoms with Crippen molar-refractivity contribution < 1.29 is 38.1 Å². The average molecular weight is 597 g/mol. The second kappa shape index (κ2) is 23.9. The van der Waals surface area contributed by atoms with Crippen molar-refractivity contribution in [3.63, 3.8) is 0 Å². The summed E-state index contributed by atoms with van der Waals surface area (Å²) in [6, 6.07) is 2.61. The number of carbonyl (C=O) groups excluding carboxylic acids is 1. The van der Waals surface area contributed by atoms with Crippen LogP contribution < -0.4 is 14.8 Å². The van der Waals surface area contributed by atoms with E-state index < -0.39 is 11.0 Å². The monoisotopic (exact) mass is 596 g/mol. The highest BCUT2D eigenvalue weighted by molar-refractivity contribution is 5.89. The number of carbonyl (C=O) groups is 1. The first-order valence-electron chi connectivity index (χ1n) is 15.9. The van der Waals surface area contributed by atoms with Crippen LogP contribution in [0, 0.1) is 10.1 Å². The van der Waals surface area contributed by atoms with Crippen LogP contribution in [0.1, 0.15) is 96.8 Å².